The minimum atomic E-state index is -0.635. The van der Waals surface area contributed by atoms with Crippen molar-refractivity contribution in [1.82, 2.24) is 4.90 Å². The van der Waals surface area contributed by atoms with Crippen molar-refractivity contribution in [3.63, 3.8) is 0 Å². The number of ketones is 1. The highest BCUT2D eigenvalue weighted by Gasteiger charge is 2.39. The van der Waals surface area contributed by atoms with E-state index in [0.717, 1.165) is 17.7 Å². The maximum Gasteiger partial charge on any atom is 0.180 e. The highest BCUT2D eigenvalue weighted by Crippen LogP contribution is 2.47. The number of benzene rings is 2. The molecule has 4 rings (SSSR count). The number of hydrogen-bond acceptors (Lipinski definition) is 7. The van der Waals surface area contributed by atoms with E-state index >= 15 is 0 Å². The summed E-state index contributed by atoms with van der Waals surface area (Å²) >= 11 is 6.69. The van der Waals surface area contributed by atoms with E-state index in [2.05, 4.69) is 12.1 Å². The van der Waals surface area contributed by atoms with Crippen molar-refractivity contribution >= 4 is 17.4 Å². The van der Waals surface area contributed by atoms with Crippen LogP contribution in [0.1, 0.15) is 48.8 Å². The number of ether oxygens (including phenoxy) is 2. The summed E-state index contributed by atoms with van der Waals surface area (Å²) in [5, 5.41) is 19.6. The topological polar surface area (TPSA) is 112 Å². The highest BCUT2D eigenvalue weighted by atomic mass is 35.5. The van der Waals surface area contributed by atoms with Crippen LogP contribution in [0.3, 0.4) is 0 Å². The van der Waals surface area contributed by atoms with Gasteiger partial charge in [0.2, 0.25) is 0 Å². The van der Waals surface area contributed by atoms with Gasteiger partial charge in [-0.2, -0.15) is 10.5 Å². The largest absolute Gasteiger partial charge is 0.490 e. The predicted octanol–water partition coefficient (Wildman–Crippen LogP) is 4.92. The molecule has 35 heavy (non-hydrogen) atoms. The van der Waals surface area contributed by atoms with E-state index in [9.17, 15) is 15.3 Å². The zero-order valence-corrected chi connectivity index (χ0v) is 20.4. The van der Waals surface area contributed by atoms with Gasteiger partial charge in [0.15, 0.2) is 17.3 Å². The molecule has 0 saturated carbocycles. The number of halogens is 1. The molecule has 1 atom stereocenters. The average molecular weight is 489 g/mol. The monoisotopic (exact) mass is 488 g/mol. The van der Waals surface area contributed by atoms with Crippen molar-refractivity contribution < 1.29 is 14.3 Å². The molecule has 2 N–H and O–H groups in total. The highest BCUT2D eigenvalue weighted by molar-refractivity contribution is 6.32. The molecule has 178 valence electrons. The smallest absolute Gasteiger partial charge is 0.180 e. The first-order valence-electron chi connectivity index (χ1n) is 11.4. The molecule has 1 heterocycles. The Morgan fingerprint density at radius 3 is 2.66 bits per heavy atom. The van der Waals surface area contributed by atoms with Crippen molar-refractivity contribution in [2.75, 3.05) is 13.7 Å². The number of rotatable bonds is 6. The molecule has 7 nitrogen and oxygen atoms in total. The van der Waals surface area contributed by atoms with Gasteiger partial charge in [-0.05, 0) is 43.5 Å². The van der Waals surface area contributed by atoms with Gasteiger partial charge >= 0.3 is 0 Å². The molecule has 0 spiro atoms. The second-order valence-electron chi connectivity index (χ2n) is 8.36. The number of nitrogens with two attached hydrogens (primary N) is 1. The third kappa shape index (κ3) is 4.43. The lowest BCUT2D eigenvalue weighted by molar-refractivity contribution is -0.116. The van der Waals surface area contributed by atoms with E-state index in [1.54, 1.807) is 36.2 Å². The maximum atomic E-state index is 13.0. The van der Waals surface area contributed by atoms with Gasteiger partial charge in [0, 0.05) is 30.3 Å². The van der Waals surface area contributed by atoms with Crippen LogP contribution >= 0.6 is 11.6 Å². The van der Waals surface area contributed by atoms with Crippen LogP contribution in [-0.4, -0.2) is 24.3 Å². The van der Waals surface area contributed by atoms with Crippen molar-refractivity contribution in [2.24, 2.45) is 5.73 Å². The molecule has 0 aromatic heterocycles. The zero-order chi connectivity index (χ0) is 25.1. The van der Waals surface area contributed by atoms with Crippen molar-refractivity contribution in [2.45, 2.75) is 38.7 Å². The number of nitrogens with zero attached hydrogens (tertiary/aromatic N) is 3. The summed E-state index contributed by atoms with van der Waals surface area (Å²) in [6.07, 6.45) is 1.87. The predicted molar refractivity (Wildman–Crippen MR) is 131 cm³/mol. The van der Waals surface area contributed by atoms with Gasteiger partial charge in [0.05, 0.1) is 40.8 Å². The summed E-state index contributed by atoms with van der Waals surface area (Å²) in [7, 11) is 1.78. The molecular weight excluding hydrogens is 464 g/mol. The summed E-state index contributed by atoms with van der Waals surface area (Å²) in [6, 6.07) is 15.0. The number of carbonyl (C=O) groups excluding carboxylic acids is 1. The molecule has 0 saturated heterocycles. The number of nitriles is 2. The summed E-state index contributed by atoms with van der Waals surface area (Å²) in [5.74, 6) is 0.422. The van der Waals surface area contributed by atoms with Gasteiger partial charge in [0.1, 0.15) is 12.4 Å². The van der Waals surface area contributed by atoms with Gasteiger partial charge in [-0.15, -0.1) is 0 Å². The summed E-state index contributed by atoms with van der Waals surface area (Å²) < 4.78 is 11.9. The zero-order valence-electron chi connectivity index (χ0n) is 19.6. The Balaban J connectivity index is 1.79. The van der Waals surface area contributed by atoms with E-state index in [1.807, 2.05) is 19.1 Å². The Bertz CT molecular complexity index is 1330. The van der Waals surface area contributed by atoms with Crippen LogP contribution < -0.4 is 15.2 Å². The van der Waals surface area contributed by atoms with Gasteiger partial charge < -0.3 is 20.1 Å². The van der Waals surface area contributed by atoms with E-state index in [1.165, 1.54) is 0 Å². The Hall–Kier alpha value is -3.94. The SMILES string of the molecule is CCOc1cc([C@H]2C(C#N)=C(N)N(C)C3=C2C(=O)CCC3)cc(Cl)c1OCc1ccccc1C#N. The maximum absolute atomic E-state index is 13.0. The lowest BCUT2D eigenvalue weighted by Gasteiger charge is -2.37. The molecule has 0 radical (unpaired) electrons. The lowest BCUT2D eigenvalue weighted by atomic mass is 9.76. The second-order valence-corrected chi connectivity index (χ2v) is 8.77. The van der Waals surface area contributed by atoms with Crippen molar-refractivity contribution in [3.05, 3.63) is 80.8 Å². The molecule has 2 aliphatic rings. The number of hydrogen-bond donors (Lipinski definition) is 1. The Morgan fingerprint density at radius 2 is 1.94 bits per heavy atom. The summed E-state index contributed by atoms with van der Waals surface area (Å²) in [4.78, 5) is 14.8. The van der Waals surface area contributed by atoms with E-state index in [4.69, 9.17) is 26.8 Å². The van der Waals surface area contributed by atoms with Crippen molar-refractivity contribution in [3.8, 4) is 23.6 Å². The van der Waals surface area contributed by atoms with E-state index in [0.29, 0.717) is 59.0 Å². The molecule has 0 fully saturated rings. The Labute approximate surface area is 209 Å². The van der Waals surface area contributed by atoms with Crippen LogP contribution in [0.2, 0.25) is 5.02 Å². The molecule has 8 heteroatoms. The molecule has 0 amide bonds. The van der Waals surface area contributed by atoms with Crippen LogP contribution in [0.4, 0.5) is 0 Å². The third-order valence-corrected chi connectivity index (χ3v) is 6.62. The number of allylic oxidation sites excluding steroid dienone is 3. The molecule has 1 aliphatic carbocycles. The normalized spacial score (nSPS) is 17.6. The van der Waals surface area contributed by atoms with Crippen LogP contribution in [0.5, 0.6) is 11.5 Å². The van der Waals surface area contributed by atoms with Gasteiger partial charge in [-0.3, -0.25) is 4.79 Å². The number of Topliss-reactive ketones (excluding diaryl/α,β-unsaturated/α-hetero) is 1. The first-order valence-corrected chi connectivity index (χ1v) is 11.8. The third-order valence-electron chi connectivity index (χ3n) is 6.34. The second kappa shape index (κ2) is 10.1. The molecule has 2 aromatic rings. The molecule has 1 aliphatic heterocycles. The average Bonchev–Trinajstić information content (AvgIpc) is 2.86. The molecular formula is C27H25ClN4O3. The molecule has 0 bridgehead atoms. The van der Waals surface area contributed by atoms with Gasteiger partial charge in [-0.1, -0.05) is 29.8 Å². The Morgan fingerprint density at radius 1 is 1.17 bits per heavy atom. The summed E-state index contributed by atoms with van der Waals surface area (Å²) in [6.45, 7) is 2.32. The van der Waals surface area contributed by atoms with Crippen molar-refractivity contribution in [1.29, 1.82) is 10.5 Å². The minimum absolute atomic E-state index is 0.00543. The quantitative estimate of drug-likeness (QED) is 0.614. The minimum Gasteiger partial charge on any atom is -0.490 e. The van der Waals surface area contributed by atoms with Crippen LogP contribution in [0.25, 0.3) is 0 Å². The standard InChI is InChI=1S/C27H25ClN4O3/c1-3-34-23-12-18(11-20(28)26(23)35-15-17-8-5-4-7-16(17)13-29)24-19(14-30)27(31)32(2)21-9-6-10-22(33)25(21)24/h4-5,7-8,11-12,24H,3,6,9-10,15,31H2,1-2H3/t24-/m0/s1. The molecule has 0 unspecified atom stereocenters. The fourth-order valence-corrected chi connectivity index (χ4v) is 4.93. The molecule has 2 aromatic carbocycles. The first-order chi connectivity index (χ1) is 16.9. The van der Waals surface area contributed by atoms with Crippen LogP contribution in [-0.2, 0) is 11.4 Å². The van der Waals surface area contributed by atoms with E-state index < -0.39 is 5.92 Å². The van der Waals surface area contributed by atoms with Gasteiger partial charge in [-0.25, -0.2) is 0 Å². The first kappa shape index (κ1) is 24.2. The van der Waals surface area contributed by atoms with E-state index in [-0.39, 0.29) is 17.4 Å². The van der Waals surface area contributed by atoms with Crippen LogP contribution in [0, 0.1) is 22.7 Å². The lowest BCUT2D eigenvalue weighted by Crippen LogP contribution is -2.36. The fourth-order valence-electron chi connectivity index (χ4n) is 4.66. The fraction of sp³-hybridized carbons (Fsp3) is 0.296. The summed E-state index contributed by atoms with van der Waals surface area (Å²) in [5.41, 5.74) is 9.93. The van der Waals surface area contributed by atoms with Gasteiger partial charge in [0.25, 0.3) is 0 Å². The van der Waals surface area contributed by atoms with Crippen LogP contribution in [0.15, 0.2) is 59.1 Å². The Kier molecular flexibility index (Phi) is 7.00. The number of carbonyl (C=O) groups is 1.